The predicted octanol–water partition coefficient (Wildman–Crippen LogP) is 1.61. The van der Waals surface area contributed by atoms with E-state index in [1.54, 1.807) is 13.2 Å². The van der Waals surface area contributed by atoms with Crippen LogP contribution >= 0.6 is 11.8 Å². The van der Waals surface area contributed by atoms with Gasteiger partial charge in [-0.2, -0.15) is 10.5 Å². The molecule has 0 bridgehead atoms. The number of nitriles is 2. The molecule has 8 heteroatoms. The first kappa shape index (κ1) is 16.1. The minimum absolute atomic E-state index is 0.154. The quantitative estimate of drug-likeness (QED) is 0.875. The molecule has 1 aromatic carbocycles. The van der Waals surface area contributed by atoms with Crippen LogP contribution in [0.3, 0.4) is 0 Å². The fraction of sp³-hybridized carbons (Fsp3) is 0.471. The molecule has 1 saturated heterocycles. The highest BCUT2D eigenvalue weighted by atomic mass is 32.2. The molecule has 0 unspecified atom stereocenters. The molecule has 0 radical (unpaired) electrons. The number of ether oxygens (including phenoxy) is 3. The summed E-state index contributed by atoms with van der Waals surface area (Å²) >= 11 is 1.43. The van der Waals surface area contributed by atoms with Gasteiger partial charge in [0.2, 0.25) is 5.06 Å². The highest BCUT2D eigenvalue weighted by Crippen LogP contribution is 2.84. The molecule has 2 aliphatic heterocycles. The molecule has 25 heavy (non-hydrogen) atoms. The Hall–Kier alpha value is -2.42. The number of amidine groups is 1. The van der Waals surface area contributed by atoms with Crippen molar-refractivity contribution in [2.24, 2.45) is 21.6 Å². The van der Waals surface area contributed by atoms with Crippen LogP contribution in [0.2, 0.25) is 0 Å². The maximum absolute atomic E-state index is 10.1. The van der Waals surface area contributed by atoms with Crippen LogP contribution in [0.25, 0.3) is 0 Å². The Kier molecular flexibility index (Phi) is 3.24. The van der Waals surface area contributed by atoms with Crippen molar-refractivity contribution in [2.75, 3.05) is 26.6 Å². The zero-order valence-electron chi connectivity index (χ0n) is 13.8. The van der Waals surface area contributed by atoms with Gasteiger partial charge >= 0.3 is 0 Å². The van der Waals surface area contributed by atoms with Crippen LogP contribution in [0, 0.1) is 33.5 Å². The molecule has 2 N–H and O–H groups in total. The number of hydrogen-bond acceptors (Lipinski definition) is 8. The number of nitrogens with two attached hydrogens (primary N) is 1. The normalized spacial score (nSPS) is 37.8. The lowest BCUT2D eigenvalue weighted by molar-refractivity contribution is 0.0200. The summed E-state index contributed by atoms with van der Waals surface area (Å²) in [4.78, 5) is 4.43. The van der Waals surface area contributed by atoms with Gasteiger partial charge in [-0.25, -0.2) is 4.99 Å². The first-order chi connectivity index (χ1) is 12.1. The minimum Gasteiger partial charge on any atom is -0.493 e. The molecular weight excluding hydrogens is 340 g/mol. The highest BCUT2D eigenvalue weighted by Gasteiger charge is 2.93. The van der Waals surface area contributed by atoms with Crippen LogP contribution in [-0.2, 0) is 4.74 Å². The zero-order chi connectivity index (χ0) is 17.9. The summed E-state index contributed by atoms with van der Waals surface area (Å²) in [5.74, 6) is 1.39. The summed E-state index contributed by atoms with van der Waals surface area (Å²) in [5, 5.41) is 19.0. The zero-order valence-corrected chi connectivity index (χ0v) is 14.6. The van der Waals surface area contributed by atoms with E-state index in [0.29, 0.717) is 29.4 Å². The molecule has 3 aliphatic rings. The maximum Gasteiger partial charge on any atom is 0.230 e. The van der Waals surface area contributed by atoms with Crippen LogP contribution in [-0.4, -0.2) is 37.5 Å². The largest absolute Gasteiger partial charge is 0.493 e. The average molecular weight is 356 g/mol. The van der Waals surface area contributed by atoms with Crippen LogP contribution in [0.4, 0.5) is 0 Å². The molecular formula is C17H16N4O3S. The number of nitrogens with zero attached hydrogens (tertiary/aromatic N) is 3. The van der Waals surface area contributed by atoms with Gasteiger partial charge in [-0.3, -0.25) is 0 Å². The summed E-state index contributed by atoms with van der Waals surface area (Å²) in [6.07, 6.45) is 0. The third-order valence-electron chi connectivity index (χ3n) is 5.35. The Morgan fingerprint density at radius 2 is 2.12 bits per heavy atom. The number of methoxy groups -OCH3 is 2. The van der Waals surface area contributed by atoms with Gasteiger partial charge in [0, 0.05) is 17.2 Å². The molecule has 1 saturated carbocycles. The Bertz CT molecular complexity index is 868. The molecule has 0 aromatic heterocycles. The van der Waals surface area contributed by atoms with Crippen LogP contribution in [0.5, 0.6) is 11.5 Å². The number of thioether (sulfide) groups is 1. The van der Waals surface area contributed by atoms with Crippen molar-refractivity contribution in [1.82, 2.24) is 0 Å². The Labute approximate surface area is 149 Å². The minimum atomic E-state index is -1.22. The van der Waals surface area contributed by atoms with Crippen molar-refractivity contribution in [1.29, 1.82) is 10.5 Å². The lowest BCUT2D eigenvalue weighted by Crippen LogP contribution is -2.34. The second kappa shape index (κ2) is 5.04. The second-order valence-electron chi connectivity index (χ2n) is 6.13. The van der Waals surface area contributed by atoms with Gasteiger partial charge in [0.05, 0.1) is 33.0 Å². The smallest absolute Gasteiger partial charge is 0.230 e. The van der Waals surface area contributed by atoms with Crippen molar-refractivity contribution in [3.8, 4) is 23.6 Å². The first-order valence-corrected chi connectivity index (χ1v) is 8.74. The van der Waals surface area contributed by atoms with Crippen molar-refractivity contribution < 1.29 is 14.2 Å². The summed E-state index contributed by atoms with van der Waals surface area (Å²) in [6, 6.07) is 10.0. The molecule has 4 atom stereocenters. The number of rotatable bonds is 3. The summed E-state index contributed by atoms with van der Waals surface area (Å²) in [6.45, 7) is 0.467. The lowest BCUT2D eigenvalue weighted by atomic mass is 9.95. The summed E-state index contributed by atoms with van der Waals surface area (Å²) < 4.78 is 16.8. The van der Waals surface area contributed by atoms with E-state index in [9.17, 15) is 10.5 Å². The van der Waals surface area contributed by atoms with Gasteiger partial charge < -0.3 is 19.9 Å². The van der Waals surface area contributed by atoms with E-state index >= 15 is 0 Å². The molecule has 128 valence electrons. The highest BCUT2D eigenvalue weighted by molar-refractivity contribution is 8.00. The van der Waals surface area contributed by atoms with Crippen molar-refractivity contribution >= 4 is 17.6 Å². The van der Waals surface area contributed by atoms with E-state index in [-0.39, 0.29) is 5.84 Å². The molecule has 1 aromatic rings. The SMILES string of the molecule is COc1cccc([C@@H]2[C@@]3(C#N)[C@@]4(N=C(N)[C@@]23C#N)OCCS4)c1OC. The fourth-order valence-electron chi connectivity index (χ4n) is 4.32. The van der Waals surface area contributed by atoms with Gasteiger partial charge in [0.1, 0.15) is 11.3 Å². The van der Waals surface area contributed by atoms with Gasteiger partial charge in [-0.1, -0.05) is 23.9 Å². The number of hydrogen-bond donors (Lipinski definition) is 1. The Morgan fingerprint density at radius 1 is 1.32 bits per heavy atom. The summed E-state index contributed by atoms with van der Waals surface area (Å²) in [7, 11) is 3.08. The van der Waals surface area contributed by atoms with Crippen LogP contribution < -0.4 is 15.2 Å². The molecule has 1 spiro atoms. The average Bonchev–Trinajstić information content (AvgIpc) is 2.88. The number of aliphatic imine (C=N–C) groups is 1. The van der Waals surface area contributed by atoms with E-state index in [4.69, 9.17) is 19.9 Å². The fourth-order valence-corrected chi connectivity index (χ4v) is 5.65. The van der Waals surface area contributed by atoms with Crippen molar-refractivity contribution in [2.45, 2.75) is 11.0 Å². The maximum atomic E-state index is 10.1. The number of fused-ring (bicyclic) bond motifs is 2. The molecule has 0 amide bonds. The Morgan fingerprint density at radius 3 is 2.68 bits per heavy atom. The topological polar surface area (TPSA) is 114 Å². The molecule has 1 aliphatic carbocycles. The first-order valence-electron chi connectivity index (χ1n) is 7.75. The molecule has 2 heterocycles. The molecule has 2 fully saturated rings. The molecule has 7 nitrogen and oxygen atoms in total. The van der Waals surface area contributed by atoms with Crippen molar-refractivity contribution in [3.63, 3.8) is 0 Å². The molecule has 4 rings (SSSR count). The van der Waals surface area contributed by atoms with Gasteiger partial charge in [-0.05, 0) is 6.07 Å². The number of para-hydroxylation sites is 1. The van der Waals surface area contributed by atoms with E-state index < -0.39 is 21.8 Å². The van der Waals surface area contributed by atoms with E-state index in [1.807, 2.05) is 12.1 Å². The van der Waals surface area contributed by atoms with Crippen molar-refractivity contribution in [3.05, 3.63) is 23.8 Å². The lowest BCUT2D eigenvalue weighted by Gasteiger charge is -2.26. The van der Waals surface area contributed by atoms with E-state index in [2.05, 4.69) is 17.1 Å². The van der Waals surface area contributed by atoms with Crippen LogP contribution in [0.15, 0.2) is 23.2 Å². The number of benzene rings is 1. The van der Waals surface area contributed by atoms with Crippen LogP contribution in [0.1, 0.15) is 11.5 Å². The van der Waals surface area contributed by atoms with Gasteiger partial charge in [0.25, 0.3) is 0 Å². The van der Waals surface area contributed by atoms with Gasteiger partial charge in [0.15, 0.2) is 16.9 Å². The third-order valence-corrected chi connectivity index (χ3v) is 6.64. The monoisotopic (exact) mass is 356 g/mol. The standard InChI is InChI=1S/C17H16N4O3S/c1-22-11-5-3-4-10(12(11)23-2)13-15(8-18)14(20)21-17(16(13,15)9-19)24-6-7-25-17/h3-5,13H,6-7H2,1-2H3,(H2,20,21)/t13-,15+,16+,17+/m0/s1. The predicted molar refractivity (Wildman–Crippen MR) is 91.1 cm³/mol. The third kappa shape index (κ3) is 1.53. The van der Waals surface area contributed by atoms with E-state index in [0.717, 1.165) is 0 Å². The second-order valence-corrected chi connectivity index (χ2v) is 7.38. The van der Waals surface area contributed by atoms with Gasteiger partial charge in [-0.15, -0.1) is 0 Å². The summed E-state index contributed by atoms with van der Waals surface area (Å²) in [5.41, 5.74) is 4.48. The van der Waals surface area contributed by atoms with E-state index in [1.165, 1.54) is 18.9 Å². The Balaban J connectivity index is 1.96.